The highest BCUT2D eigenvalue weighted by molar-refractivity contribution is 8.00. The summed E-state index contributed by atoms with van der Waals surface area (Å²) in [7, 11) is 0. The van der Waals surface area contributed by atoms with E-state index in [0.29, 0.717) is 15.6 Å². The van der Waals surface area contributed by atoms with Crippen LogP contribution in [0, 0.1) is 5.82 Å². The van der Waals surface area contributed by atoms with Gasteiger partial charge in [0.05, 0.1) is 5.75 Å². The van der Waals surface area contributed by atoms with Crippen molar-refractivity contribution < 1.29 is 9.18 Å². The molecule has 2 nitrogen and oxygen atoms in total. The van der Waals surface area contributed by atoms with Crippen molar-refractivity contribution in [2.45, 2.75) is 4.90 Å². The summed E-state index contributed by atoms with van der Waals surface area (Å²) in [4.78, 5) is 12.2. The van der Waals surface area contributed by atoms with Crippen molar-refractivity contribution in [2.75, 3.05) is 11.1 Å². The Balaban J connectivity index is 1.88. The van der Waals surface area contributed by atoms with Gasteiger partial charge in [-0.3, -0.25) is 4.79 Å². The first-order chi connectivity index (χ1) is 9.15. The van der Waals surface area contributed by atoms with Gasteiger partial charge in [-0.2, -0.15) is 0 Å². The molecule has 2 aromatic rings. The summed E-state index contributed by atoms with van der Waals surface area (Å²) in [6.45, 7) is 0. The van der Waals surface area contributed by atoms with E-state index in [9.17, 15) is 9.18 Å². The summed E-state index contributed by atoms with van der Waals surface area (Å²) in [6.07, 6.45) is 0. The molecule has 0 aromatic heterocycles. The molecule has 19 heavy (non-hydrogen) atoms. The van der Waals surface area contributed by atoms with E-state index in [2.05, 4.69) is 5.32 Å². The monoisotopic (exact) mass is 295 g/mol. The molecule has 0 aliphatic rings. The van der Waals surface area contributed by atoms with Gasteiger partial charge in [-0.1, -0.05) is 23.7 Å². The van der Waals surface area contributed by atoms with Gasteiger partial charge in [-0.05, 0) is 36.4 Å². The lowest BCUT2D eigenvalue weighted by Crippen LogP contribution is -2.13. The maximum absolute atomic E-state index is 13.3. The van der Waals surface area contributed by atoms with Crippen molar-refractivity contribution in [1.82, 2.24) is 0 Å². The first kappa shape index (κ1) is 13.9. The summed E-state index contributed by atoms with van der Waals surface area (Å²) >= 11 is 6.91. The molecule has 2 aromatic carbocycles. The number of hydrogen-bond donors (Lipinski definition) is 1. The van der Waals surface area contributed by atoms with Crippen molar-refractivity contribution in [3.05, 3.63) is 59.4 Å². The second kappa shape index (κ2) is 6.59. The van der Waals surface area contributed by atoms with Crippen LogP contribution in [0.15, 0.2) is 53.4 Å². The largest absolute Gasteiger partial charge is 0.325 e. The Morgan fingerprint density at radius 1 is 1.16 bits per heavy atom. The minimum Gasteiger partial charge on any atom is -0.325 e. The van der Waals surface area contributed by atoms with Crippen molar-refractivity contribution in [2.24, 2.45) is 0 Å². The minimum atomic E-state index is -0.313. The van der Waals surface area contributed by atoms with E-state index >= 15 is 0 Å². The highest BCUT2D eigenvalue weighted by atomic mass is 35.5. The molecule has 0 radical (unpaired) electrons. The van der Waals surface area contributed by atoms with Crippen LogP contribution in [0.4, 0.5) is 10.1 Å². The van der Waals surface area contributed by atoms with Crippen molar-refractivity contribution in [1.29, 1.82) is 0 Å². The zero-order chi connectivity index (χ0) is 13.7. The van der Waals surface area contributed by atoms with Gasteiger partial charge in [0.25, 0.3) is 0 Å². The lowest BCUT2D eigenvalue weighted by molar-refractivity contribution is -0.113. The van der Waals surface area contributed by atoms with Crippen LogP contribution in [0.25, 0.3) is 0 Å². The fourth-order valence-electron chi connectivity index (χ4n) is 1.44. The highest BCUT2D eigenvalue weighted by Gasteiger charge is 2.06. The molecule has 0 fully saturated rings. The molecular formula is C14H11ClFNOS. The Bertz CT molecular complexity index is 574. The number of halogens is 2. The molecule has 5 heteroatoms. The Morgan fingerprint density at radius 3 is 2.53 bits per heavy atom. The summed E-state index contributed by atoms with van der Waals surface area (Å²) in [5, 5.41) is 3.33. The molecule has 0 saturated carbocycles. The standard InChI is InChI=1S/C14H11ClFNOS/c15-10-5-7-11(8-6-10)17-14(18)9-19-13-4-2-1-3-12(13)16/h1-8H,9H2,(H,17,18). The minimum absolute atomic E-state index is 0.156. The highest BCUT2D eigenvalue weighted by Crippen LogP contribution is 2.21. The van der Waals surface area contributed by atoms with Gasteiger partial charge in [0.1, 0.15) is 5.82 Å². The Kier molecular flexibility index (Phi) is 4.82. The normalized spacial score (nSPS) is 10.2. The van der Waals surface area contributed by atoms with Crippen LogP contribution in [0.5, 0.6) is 0 Å². The summed E-state index contributed by atoms with van der Waals surface area (Å²) in [5.41, 5.74) is 0.670. The molecule has 0 spiro atoms. The molecule has 0 atom stereocenters. The van der Waals surface area contributed by atoms with Gasteiger partial charge >= 0.3 is 0 Å². The van der Waals surface area contributed by atoms with Crippen LogP contribution in [-0.2, 0) is 4.79 Å². The molecule has 0 aliphatic carbocycles. The molecule has 1 N–H and O–H groups in total. The van der Waals surface area contributed by atoms with E-state index in [-0.39, 0.29) is 17.5 Å². The van der Waals surface area contributed by atoms with Crippen molar-refractivity contribution >= 4 is 35.0 Å². The van der Waals surface area contributed by atoms with Gasteiger partial charge in [0.2, 0.25) is 5.91 Å². The number of carbonyl (C=O) groups excluding carboxylic acids is 1. The number of benzene rings is 2. The number of carbonyl (C=O) groups is 1. The average Bonchev–Trinajstić information content (AvgIpc) is 2.40. The zero-order valence-electron chi connectivity index (χ0n) is 9.90. The molecule has 98 valence electrons. The maximum Gasteiger partial charge on any atom is 0.234 e. The van der Waals surface area contributed by atoms with E-state index in [1.54, 1.807) is 42.5 Å². The Morgan fingerprint density at radius 2 is 1.84 bits per heavy atom. The third kappa shape index (κ3) is 4.26. The number of nitrogens with one attached hydrogen (secondary N) is 1. The van der Waals surface area contributed by atoms with E-state index in [1.807, 2.05) is 0 Å². The first-order valence-corrected chi connectivity index (χ1v) is 6.94. The molecule has 0 heterocycles. The number of anilines is 1. The summed E-state index contributed by atoms with van der Waals surface area (Å²) in [6, 6.07) is 13.2. The second-order valence-electron chi connectivity index (χ2n) is 3.77. The van der Waals surface area contributed by atoms with Crippen LogP contribution < -0.4 is 5.32 Å². The SMILES string of the molecule is O=C(CSc1ccccc1F)Nc1ccc(Cl)cc1. The van der Waals surface area contributed by atoms with Crippen LogP contribution in [0.1, 0.15) is 0 Å². The lowest BCUT2D eigenvalue weighted by Gasteiger charge is -2.05. The predicted molar refractivity (Wildman–Crippen MR) is 77.2 cm³/mol. The molecule has 0 aliphatic heterocycles. The van der Waals surface area contributed by atoms with Gasteiger partial charge < -0.3 is 5.32 Å². The van der Waals surface area contributed by atoms with Crippen LogP contribution in [0.3, 0.4) is 0 Å². The molecule has 1 amide bonds. The zero-order valence-corrected chi connectivity index (χ0v) is 11.5. The predicted octanol–water partition coefficient (Wildman–Crippen LogP) is 4.21. The summed E-state index contributed by atoms with van der Waals surface area (Å²) in [5.74, 6) is -0.341. The maximum atomic E-state index is 13.3. The molecule has 0 bridgehead atoms. The lowest BCUT2D eigenvalue weighted by atomic mass is 10.3. The van der Waals surface area contributed by atoms with E-state index in [0.717, 1.165) is 11.8 Å². The van der Waals surface area contributed by atoms with Gasteiger partial charge in [0, 0.05) is 15.6 Å². The fourth-order valence-corrected chi connectivity index (χ4v) is 2.30. The third-order valence-electron chi connectivity index (χ3n) is 2.32. The Hall–Kier alpha value is -1.52. The molecule has 2 rings (SSSR count). The topological polar surface area (TPSA) is 29.1 Å². The van der Waals surface area contributed by atoms with Crippen LogP contribution in [-0.4, -0.2) is 11.7 Å². The quantitative estimate of drug-likeness (QED) is 0.856. The van der Waals surface area contributed by atoms with Gasteiger partial charge in [0.15, 0.2) is 0 Å². The summed E-state index contributed by atoms with van der Waals surface area (Å²) < 4.78 is 13.3. The first-order valence-electron chi connectivity index (χ1n) is 5.58. The third-order valence-corrected chi connectivity index (χ3v) is 3.62. The molecule has 0 unspecified atom stereocenters. The molecular weight excluding hydrogens is 285 g/mol. The smallest absolute Gasteiger partial charge is 0.234 e. The number of hydrogen-bond acceptors (Lipinski definition) is 2. The molecule has 0 saturated heterocycles. The number of amides is 1. The average molecular weight is 296 g/mol. The van der Waals surface area contributed by atoms with Crippen molar-refractivity contribution in [3.63, 3.8) is 0 Å². The van der Waals surface area contributed by atoms with E-state index in [4.69, 9.17) is 11.6 Å². The van der Waals surface area contributed by atoms with E-state index in [1.165, 1.54) is 6.07 Å². The Labute approximate surface area is 120 Å². The fraction of sp³-hybridized carbons (Fsp3) is 0.0714. The van der Waals surface area contributed by atoms with Crippen LogP contribution in [0.2, 0.25) is 5.02 Å². The number of rotatable bonds is 4. The van der Waals surface area contributed by atoms with Crippen LogP contribution >= 0.6 is 23.4 Å². The van der Waals surface area contributed by atoms with E-state index < -0.39 is 0 Å². The van der Waals surface area contributed by atoms with Gasteiger partial charge in [-0.25, -0.2) is 4.39 Å². The number of thioether (sulfide) groups is 1. The van der Waals surface area contributed by atoms with Crippen molar-refractivity contribution in [3.8, 4) is 0 Å². The van der Waals surface area contributed by atoms with Gasteiger partial charge in [-0.15, -0.1) is 11.8 Å². The second-order valence-corrected chi connectivity index (χ2v) is 5.23.